The third-order valence-electron chi connectivity index (χ3n) is 20.2. The number of aryl methyl sites for hydroxylation is 23. The molecule has 0 saturated heterocycles. The van der Waals surface area contributed by atoms with E-state index in [4.69, 9.17) is 0 Å². The smallest absolute Gasteiger partial charge is 0.0734 e. The maximum Gasteiger partial charge on any atom is 0.0734 e. The summed E-state index contributed by atoms with van der Waals surface area (Å²) >= 11 is 0. The largest absolute Gasteiger partial charge is 0.256 e. The number of para-hydroxylation sites is 2. The summed E-state index contributed by atoms with van der Waals surface area (Å²) in [5, 5.41) is 10.1. The highest BCUT2D eigenvalue weighted by molar-refractivity contribution is 5.88. The van der Waals surface area contributed by atoms with E-state index in [1.165, 1.54) is 149 Å². The van der Waals surface area contributed by atoms with E-state index in [0.29, 0.717) is 0 Å². The predicted molar refractivity (Wildman–Crippen MR) is 448 cm³/mol. The van der Waals surface area contributed by atoms with E-state index in [9.17, 15) is 0 Å². The Kier molecular flexibility index (Phi) is 25.5. The van der Waals surface area contributed by atoms with Gasteiger partial charge in [0.25, 0.3) is 0 Å². The summed E-state index contributed by atoms with van der Waals surface area (Å²) in [5.41, 5.74) is 38.9. The van der Waals surface area contributed by atoms with E-state index in [1.54, 1.807) is 0 Å². The van der Waals surface area contributed by atoms with Gasteiger partial charge in [0.15, 0.2) is 0 Å². The lowest BCUT2D eigenvalue weighted by atomic mass is 10.0. The second-order valence-corrected chi connectivity index (χ2v) is 28.4. The lowest BCUT2D eigenvalue weighted by Gasteiger charge is -2.07. The molecule has 0 aliphatic heterocycles. The molecule has 0 saturated carbocycles. The second kappa shape index (κ2) is 34.3. The third kappa shape index (κ3) is 19.0. The van der Waals surface area contributed by atoms with Crippen LogP contribution < -0.4 is 0 Å². The molecule has 8 aromatic heterocycles. The first-order chi connectivity index (χ1) is 49.5. The van der Waals surface area contributed by atoms with Gasteiger partial charge in [-0.25, -0.2) is 0 Å². The number of aromatic nitrogens is 8. The Balaban J connectivity index is 0.000000138. The monoisotopic (exact) mass is 1370 g/mol. The number of hydrogen-bond donors (Lipinski definition) is 0. The van der Waals surface area contributed by atoms with Crippen molar-refractivity contribution in [1.82, 2.24) is 39.9 Å². The number of rotatable bonds is 0. The summed E-state index contributed by atoms with van der Waals surface area (Å²) in [5.74, 6) is 0. The third-order valence-corrected chi connectivity index (χ3v) is 20.2. The Morgan fingerprint density at radius 1 is 0.192 bits per heavy atom. The minimum absolute atomic E-state index is 1.09. The zero-order valence-corrected chi connectivity index (χ0v) is 66.1. The molecule has 528 valence electrons. The van der Waals surface area contributed by atoms with Crippen molar-refractivity contribution in [2.24, 2.45) is 0 Å². The summed E-state index contributed by atoms with van der Waals surface area (Å²) in [7, 11) is 0. The van der Waals surface area contributed by atoms with Crippen molar-refractivity contribution >= 4 is 87.2 Å². The molecule has 0 unspecified atom stereocenters. The van der Waals surface area contributed by atoms with Crippen LogP contribution >= 0.6 is 0 Å². The number of benzene rings is 8. The van der Waals surface area contributed by atoms with Gasteiger partial charge in [-0.05, 0) is 340 Å². The normalized spacial score (nSPS) is 10.7. The maximum absolute atomic E-state index is 4.57. The van der Waals surface area contributed by atoms with Crippen LogP contribution in [-0.2, 0) is 0 Å². The molecular formula is C96H104N8. The summed E-state index contributed by atoms with van der Waals surface area (Å²) in [6.45, 7) is 50.5. The molecule has 0 bridgehead atoms. The van der Waals surface area contributed by atoms with Crippen LogP contribution in [0, 0.1) is 166 Å². The van der Waals surface area contributed by atoms with E-state index in [-0.39, 0.29) is 0 Å². The van der Waals surface area contributed by atoms with Crippen molar-refractivity contribution in [2.45, 2.75) is 166 Å². The molecular weight excluding hydrogens is 1270 g/mol. The number of nitrogens with zero attached hydrogens (tertiary/aromatic N) is 8. The fourth-order valence-corrected chi connectivity index (χ4v) is 12.5. The lowest BCUT2D eigenvalue weighted by molar-refractivity contribution is 1.17. The molecule has 0 atom stereocenters. The maximum atomic E-state index is 4.57. The van der Waals surface area contributed by atoms with Crippen LogP contribution in [0.3, 0.4) is 0 Å². The lowest BCUT2D eigenvalue weighted by Crippen LogP contribution is -1.92. The highest BCUT2D eigenvalue weighted by Crippen LogP contribution is 2.27. The number of hydrogen-bond acceptors (Lipinski definition) is 8. The first-order valence-corrected chi connectivity index (χ1v) is 36.1. The molecule has 0 aliphatic carbocycles. The Morgan fingerprint density at radius 2 is 0.625 bits per heavy atom. The van der Waals surface area contributed by atoms with Crippen LogP contribution in [0.15, 0.2) is 195 Å². The fraction of sp³-hybridized carbons (Fsp3) is 0.250. The van der Waals surface area contributed by atoms with E-state index >= 15 is 0 Å². The molecule has 16 rings (SSSR count). The minimum Gasteiger partial charge on any atom is -0.256 e. The minimum atomic E-state index is 1.09. The van der Waals surface area contributed by atoms with Crippen molar-refractivity contribution in [3.8, 4) is 0 Å². The Labute approximate surface area is 618 Å². The molecule has 0 spiro atoms. The van der Waals surface area contributed by atoms with E-state index in [2.05, 4.69) is 376 Å². The van der Waals surface area contributed by atoms with Gasteiger partial charge in [0.1, 0.15) is 0 Å². The Hall–Kier alpha value is -11.0. The van der Waals surface area contributed by atoms with Gasteiger partial charge in [-0.1, -0.05) is 108 Å². The zero-order chi connectivity index (χ0) is 75.4. The second-order valence-electron chi connectivity index (χ2n) is 28.4. The molecule has 0 amide bonds. The molecule has 0 aliphatic rings. The van der Waals surface area contributed by atoms with E-state index in [0.717, 1.165) is 72.6 Å². The summed E-state index contributed by atoms with van der Waals surface area (Å²) in [6.07, 6.45) is 5.82. The van der Waals surface area contributed by atoms with Crippen LogP contribution in [0.25, 0.3) is 87.2 Å². The summed E-state index contributed by atoms with van der Waals surface area (Å²) in [4.78, 5) is 35.9. The first kappa shape index (κ1) is 77.2. The van der Waals surface area contributed by atoms with Crippen molar-refractivity contribution in [3.05, 3.63) is 329 Å². The van der Waals surface area contributed by atoms with Gasteiger partial charge in [0.2, 0.25) is 0 Å². The molecule has 8 aromatic carbocycles. The van der Waals surface area contributed by atoms with E-state index in [1.807, 2.05) is 24.7 Å². The van der Waals surface area contributed by atoms with Gasteiger partial charge in [0, 0.05) is 90.1 Å². The van der Waals surface area contributed by atoms with Gasteiger partial charge >= 0.3 is 0 Å². The van der Waals surface area contributed by atoms with Crippen LogP contribution in [0.2, 0.25) is 0 Å². The van der Waals surface area contributed by atoms with E-state index < -0.39 is 0 Å². The van der Waals surface area contributed by atoms with Crippen LogP contribution in [-0.4, -0.2) is 39.9 Å². The van der Waals surface area contributed by atoms with Gasteiger partial charge in [-0.15, -0.1) is 0 Å². The van der Waals surface area contributed by atoms with Crippen LogP contribution in [0.5, 0.6) is 0 Å². The van der Waals surface area contributed by atoms with Gasteiger partial charge < -0.3 is 0 Å². The number of pyridine rings is 8. The van der Waals surface area contributed by atoms with Crippen LogP contribution in [0.4, 0.5) is 0 Å². The molecule has 8 heterocycles. The summed E-state index contributed by atoms with van der Waals surface area (Å²) in [6, 6.07) is 61.4. The van der Waals surface area contributed by atoms with Crippen LogP contribution in [0.1, 0.15) is 134 Å². The molecule has 0 N–H and O–H groups in total. The highest BCUT2D eigenvalue weighted by atomic mass is 14.7. The van der Waals surface area contributed by atoms with Crippen molar-refractivity contribution in [3.63, 3.8) is 0 Å². The standard InChI is InChI=1S/8C12H13N/c1-8-4-5-12-11(6-8)10(3)9(2)7-13-12;1-8-4-5-12-11(6-8)7-9(2)10(3)13-12;1-8-4-5-11-10(3)9(2)7-13-12(11)6-8;1-8-4-5-11-7-9(2)10(3)13-12(11)6-8;1-8-5-4-6-12-11(8)7-9(2)10(3)13-12;1-8-5-4-6-11-12(8)10(3)9(2)7-13-11;1-8-5-4-6-11-7-9(2)10(3)13-12(8)11;1-8-9(2)11-6-4-5-7-12(11)13-10(8)3/h8*4-7H,1-3H3. The Morgan fingerprint density at radius 3 is 1.30 bits per heavy atom. The topological polar surface area (TPSA) is 103 Å². The van der Waals surface area contributed by atoms with Gasteiger partial charge in [-0.3, -0.25) is 39.9 Å². The van der Waals surface area contributed by atoms with Gasteiger partial charge in [0.05, 0.1) is 44.1 Å². The average Bonchev–Trinajstić information content (AvgIpc) is 0.822. The molecule has 8 heteroatoms. The molecule has 8 nitrogen and oxygen atoms in total. The highest BCUT2D eigenvalue weighted by Gasteiger charge is 2.09. The van der Waals surface area contributed by atoms with Crippen molar-refractivity contribution in [2.75, 3.05) is 0 Å². The molecule has 104 heavy (non-hydrogen) atoms. The average molecular weight is 1370 g/mol. The van der Waals surface area contributed by atoms with Crippen molar-refractivity contribution < 1.29 is 0 Å². The first-order valence-electron chi connectivity index (χ1n) is 36.1. The van der Waals surface area contributed by atoms with Crippen molar-refractivity contribution in [1.29, 1.82) is 0 Å². The number of fused-ring (bicyclic) bond motifs is 8. The fourth-order valence-electron chi connectivity index (χ4n) is 12.5. The molecule has 0 fully saturated rings. The summed E-state index contributed by atoms with van der Waals surface area (Å²) < 4.78 is 0. The zero-order valence-electron chi connectivity index (χ0n) is 66.1. The molecule has 16 aromatic rings. The Bertz CT molecular complexity index is 5540. The molecule has 0 radical (unpaired) electrons. The van der Waals surface area contributed by atoms with Gasteiger partial charge in [-0.2, -0.15) is 0 Å². The predicted octanol–water partition coefficient (Wildman–Crippen LogP) is 25.3. The quantitative estimate of drug-likeness (QED) is 0.148. The SMILES string of the molecule is Cc1cc2c(C)cccc2nc1C.Cc1cc2cccc(C)c2nc1C.Cc1ccc2c(C)c(C)cnc2c1.Cc1ccc2cc(C)c(C)nc2c1.Cc1ccc2nc(C)c(C)cc2c1.Cc1ccc2ncc(C)c(C)c2c1.Cc1cnc2cccc(C)c2c1C.Cc1nc2ccccc2c(C)c1C.